The minimum atomic E-state index is -0.336. The predicted molar refractivity (Wildman–Crippen MR) is 77.2 cm³/mol. The Bertz CT molecular complexity index is 400. The lowest BCUT2D eigenvalue weighted by atomic mass is 10.3. The molecular formula is C12H20ClN3OS. The molecule has 1 atom stereocenters. The van der Waals surface area contributed by atoms with Crippen LogP contribution >= 0.6 is 23.4 Å². The summed E-state index contributed by atoms with van der Waals surface area (Å²) < 4.78 is 1.79. The Kier molecular flexibility index (Phi) is 5.53. The van der Waals surface area contributed by atoms with Gasteiger partial charge in [-0.3, -0.25) is 9.48 Å². The number of aromatic nitrogens is 2. The smallest absolute Gasteiger partial charge is 0.244 e. The Hall–Kier alpha value is -0.680. The van der Waals surface area contributed by atoms with Crippen molar-refractivity contribution >= 4 is 29.3 Å². The van der Waals surface area contributed by atoms with E-state index in [0.29, 0.717) is 11.6 Å². The lowest BCUT2D eigenvalue weighted by Gasteiger charge is -2.18. The van der Waals surface area contributed by atoms with Gasteiger partial charge in [0.05, 0.1) is 11.2 Å². The molecule has 4 nitrogen and oxygen atoms in total. The molecule has 1 unspecified atom stereocenters. The standard InChI is InChI=1S/C12H20ClN3OS/c1-9(16-8-10(13)7-15-16)11(17)14-5-6-18-12(2,3)4/h7-9H,5-6H2,1-4H3,(H,14,17). The van der Waals surface area contributed by atoms with Gasteiger partial charge in [-0.1, -0.05) is 32.4 Å². The summed E-state index contributed by atoms with van der Waals surface area (Å²) in [5, 5.41) is 7.46. The summed E-state index contributed by atoms with van der Waals surface area (Å²) in [5.74, 6) is 0.867. The summed E-state index contributed by atoms with van der Waals surface area (Å²) in [6, 6.07) is -0.336. The molecule has 1 rings (SSSR count). The molecule has 0 radical (unpaired) electrons. The average molecular weight is 290 g/mol. The van der Waals surface area contributed by atoms with E-state index in [4.69, 9.17) is 11.6 Å². The Labute approximate surface area is 117 Å². The first kappa shape index (κ1) is 15.4. The molecule has 0 spiro atoms. The first-order valence-electron chi connectivity index (χ1n) is 5.91. The lowest BCUT2D eigenvalue weighted by Crippen LogP contribution is -2.33. The van der Waals surface area contributed by atoms with Crippen LogP contribution in [0.25, 0.3) is 0 Å². The van der Waals surface area contributed by atoms with Crippen molar-refractivity contribution < 1.29 is 4.79 Å². The topological polar surface area (TPSA) is 46.9 Å². The van der Waals surface area contributed by atoms with Crippen LogP contribution in [0.1, 0.15) is 33.7 Å². The summed E-state index contributed by atoms with van der Waals surface area (Å²) in [7, 11) is 0. The number of nitrogens with one attached hydrogen (secondary N) is 1. The highest BCUT2D eigenvalue weighted by atomic mass is 35.5. The fourth-order valence-corrected chi connectivity index (χ4v) is 2.29. The van der Waals surface area contributed by atoms with Gasteiger partial charge in [-0.25, -0.2) is 0 Å². The molecule has 1 heterocycles. The molecule has 1 aromatic heterocycles. The summed E-state index contributed by atoms with van der Waals surface area (Å²) in [5.41, 5.74) is 0. The molecule has 1 amide bonds. The fourth-order valence-electron chi connectivity index (χ4n) is 1.33. The van der Waals surface area contributed by atoms with Gasteiger partial charge >= 0.3 is 0 Å². The second-order valence-corrected chi connectivity index (χ2v) is 7.42. The van der Waals surface area contributed by atoms with Gasteiger partial charge in [0.25, 0.3) is 0 Å². The summed E-state index contributed by atoms with van der Waals surface area (Å²) in [4.78, 5) is 11.9. The van der Waals surface area contributed by atoms with E-state index < -0.39 is 0 Å². The Morgan fingerprint density at radius 3 is 2.78 bits per heavy atom. The number of hydrogen-bond donors (Lipinski definition) is 1. The van der Waals surface area contributed by atoms with E-state index in [9.17, 15) is 4.79 Å². The number of carbonyl (C=O) groups excluding carboxylic acids is 1. The average Bonchev–Trinajstić information content (AvgIpc) is 2.68. The van der Waals surface area contributed by atoms with Crippen LogP contribution in [0.4, 0.5) is 0 Å². The van der Waals surface area contributed by atoms with Gasteiger partial charge in [0.2, 0.25) is 5.91 Å². The lowest BCUT2D eigenvalue weighted by molar-refractivity contribution is -0.124. The molecule has 0 fully saturated rings. The molecule has 1 N–H and O–H groups in total. The number of rotatable bonds is 5. The quantitative estimate of drug-likeness (QED) is 0.848. The van der Waals surface area contributed by atoms with E-state index in [-0.39, 0.29) is 16.7 Å². The third-order valence-electron chi connectivity index (χ3n) is 2.28. The van der Waals surface area contributed by atoms with Crippen LogP contribution in [0.15, 0.2) is 12.4 Å². The van der Waals surface area contributed by atoms with E-state index in [1.807, 2.05) is 11.8 Å². The third-order valence-corrected chi connectivity index (χ3v) is 3.75. The van der Waals surface area contributed by atoms with Crippen molar-refractivity contribution in [1.82, 2.24) is 15.1 Å². The van der Waals surface area contributed by atoms with Crippen LogP contribution in [0.3, 0.4) is 0 Å². The fraction of sp³-hybridized carbons (Fsp3) is 0.667. The minimum absolute atomic E-state index is 0.0377. The highest BCUT2D eigenvalue weighted by Gasteiger charge is 2.16. The molecule has 18 heavy (non-hydrogen) atoms. The van der Waals surface area contributed by atoms with E-state index in [1.165, 1.54) is 6.20 Å². The monoisotopic (exact) mass is 289 g/mol. The summed E-state index contributed by atoms with van der Waals surface area (Å²) >= 11 is 7.60. The van der Waals surface area contributed by atoms with Crippen molar-refractivity contribution in [3.8, 4) is 0 Å². The molecule has 102 valence electrons. The van der Waals surface area contributed by atoms with E-state index in [2.05, 4.69) is 31.2 Å². The molecule has 0 saturated heterocycles. The zero-order valence-electron chi connectivity index (χ0n) is 11.2. The number of carbonyl (C=O) groups is 1. The first-order chi connectivity index (χ1) is 8.29. The van der Waals surface area contributed by atoms with Gasteiger partial charge in [-0.15, -0.1) is 0 Å². The number of amides is 1. The van der Waals surface area contributed by atoms with Crippen molar-refractivity contribution in [2.75, 3.05) is 12.3 Å². The summed E-state index contributed by atoms with van der Waals surface area (Å²) in [6.07, 6.45) is 3.18. The maximum Gasteiger partial charge on any atom is 0.244 e. The Morgan fingerprint density at radius 1 is 1.61 bits per heavy atom. The van der Waals surface area contributed by atoms with Gasteiger partial charge in [0.1, 0.15) is 6.04 Å². The van der Waals surface area contributed by atoms with Crippen molar-refractivity contribution in [3.63, 3.8) is 0 Å². The van der Waals surface area contributed by atoms with Crippen LogP contribution in [-0.4, -0.2) is 32.7 Å². The van der Waals surface area contributed by atoms with Crippen molar-refractivity contribution in [2.45, 2.75) is 38.5 Å². The molecular weight excluding hydrogens is 270 g/mol. The highest BCUT2D eigenvalue weighted by Crippen LogP contribution is 2.22. The maximum absolute atomic E-state index is 11.9. The number of halogens is 1. The molecule has 6 heteroatoms. The van der Waals surface area contributed by atoms with E-state index in [1.54, 1.807) is 17.8 Å². The van der Waals surface area contributed by atoms with Gasteiger partial charge in [-0.05, 0) is 6.92 Å². The SMILES string of the molecule is CC(C(=O)NCCSC(C)(C)C)n1cc(Cl)cn1. The van der Waals surface area contributed by atoms with Gasteiger partial charge in [0, 0.05) is 23.2 Å². The van der Waals surface area contributed by atoms with E-state index in [0.717, 1.165) is 5.75 Å². The van der Waals surface area contributed by atoms with Crippen LogP contribution in [-0.2, 0) is 4.79 Å². The largest absolute Gasteiger partial charge is 0.353 e. The van der Waals surface area contributed by atoms with Crippen molar-refractivity contribution in [2.24, 2.45) is 0 Å². The van der Waals surface area contributed by atoms with Gasteiger partial charge in [-0.2, -0.15) is 16.9 Å². The molecule has 0 aliphatic carbocycles. The molecule has 0 aromatic carbocycles. The Morgan fingerprint density at radius 2 is 2.28 bits per heavy atom. The molecule has 0 aliphatic heterocycles. The molecule has 0 bridgehead atoms. The zero-order valence-corrected chi connectivity index (χ0v) is 12.8. The molecule has 0 saturated carbocycles. The second kappa shape index (κ2) is 6.48. The highest BCUT2D eigenvalue weighted by molar-refractivity contribution is 8.00. The number of hydrogen-bond acceptors (Lipinski definition) is 3. The number of thioether (sulfide) groups is 1. The third kappa shape index (κ3) is 5.31. The van der Waals surface area contributed by atoms with Crippen LogP contribution in [0.2, 0.25) is 5.02 Å². The first-order valence-corrected chi connectivity index (χ1v) is 7.27. The summed E-state index contributed by atoms with van der Waals surface area (Å²) in [6.45, 7) is 8.95. The van der Waals surface area contributed by atoms with Gasteiger partial charge in [0.15, 0.2) is 0 Å². The maximum atomic E-state index is 11.9. The van der Waals surface area contributed by atoms with Crippen LogP contribution in [0, 0.1) is 0 Å². The Balaban J connectivity index is 2.33. The van der Waals surface area contributed by atoms with Crippen molar-refractivity contribution in [1.29, 1.82) is 0 Å². The molecule has 1 aromatic rings. The van der Waals surface area contributed by atoms with E-state index >= 15 is 0 Å². The second-order valence-electron chi connectivity index (χ2n) is 5.07. The zero-order chi connectivity index (χ0) is 13.8. The molecule has 0 aliphatic rings. The van der Waals surface area contributed by atoms with Crippen LogP contribution < -0.4 is 5.32 Å². The van der Waals surface area contributed by atoms with Gasteiger partial charge < -0.3 is 5.32 Å². The van der Waals surface area contributed by atoms with Crippen LogP contribution in [0.5, 0.6) is 0 Å². The minimum Gasteiger partial charge on any atom is -0.353 e. The predicted octanol–water partition coefficient (Wildman–Crippen LogP) is 2.75. The number of nitrogens with zero attached hydrogens (tertiary/aromatic N) is 2. The van der Waals surface area contributed by atoms with Crippen molar-refractivity contribution in [3.05, 3.63) is 17.4 Å². The normalized spacial score (nSPS) is 13.4.